The molecule has 0 aliphatic rings. The van der Waals surface area contributed by atoms with Gasteiger partial charge >= 0.3 is 0 Å². The van der Waals surface area contributed by atoms with Crippen molar-refractivity contribution < 1.29 is 9.59 Å². The lowest BCUT2D eigenvalue weighted by Gasteiger charge is -2.11. The van der Waals surface area contributed by atoms with Crippen LogP contribution in [0.1, 0.15) is 15.9 Å². The molecule has 0 saturated carbocycles. The van der Waals surface area contributed by atoms with Crippen LogP contribution in [-0.2, 0) is 4.79 Å². The fourth-order valence-electron chi connectivity index (χ4n) is 3.19. The van der Waals surface area contributed by atoms with Gasteiger partial charge in [-0.2, -0.15) is 0 Å². The molecule has 1 heterocycles. The average Bonchev–Trinajstić information content (AvgIpc) is 3.23. The third kappa shape index (κ3) is 4.70. The van der Waals surface area contributed by atoms with Crippen LogP contribution in [0.2, 0.25) is 0 Å². The predicted molar refractivity (Wildman–Crippen MR) is 126 cm³/mol. The maximum Gasteiger partial charge on any atom is 0.250 e. The summed E-state index contributed by atoms with van der Waals surface area (Å²) in [6.45, 7) is 2.03. The minimum absolute atomic E-state index is 0.0892. The molecule has 0 bridgehead atoms. The van der Waals surface area contributed by atoms with E-state index in [0.717, 1.165) is 16.8 Å². The zero-order valence-corrected chi connectivity index (χ0v) is 18.2. The molecule has 32 heavy (non-hydrogen) atoms. The van der Waals surface area contributed by atoms with Crippen LogP contribution < -0.4 is 11.1 Å². The van der Waals surface area contributed by atoms with E-state index in [1.165, 1.54) is 11.8 Å². The van der Waals surface area contributed by atoms with Gasteiger partial charge in [0.05, 0.1) is 17.0 Å². The van der Waals surface area contributed by atoms with E-state index >= 15 is 0 Å². The number of benzene rings is 3. The van der Waals surface area contributed by atoms with Crippen molar-refractivity contribution in [2.24, 2.45) is 5.73 Å². The van der Waals surface area contributed by atoms with Gasteiger partial charge in [-0.3, -0.25) is 14.2 Å². The molecule has 4 rings (SSSR count). The van der Waals surface area contributed by atoms with E-state index in [4.69, 9.17) is 5.73 Å². The minimum atomic E-state index is -0.597. The Kier molecular flexibility index (Phi) is 6.32. The Morgan fingerprint density at radius 1 is 0.938 bits per heavy atom. The normalized spacial score (nSPS) is 10.7. The summed E-state index contributed by atoms with van der Waals surface area (Å²) >= 11 is 1.26. The molecule has 3 N–H and O–H groups in total. The van der Waals surface area contributed by atoms with Crippen molar-refractivity contribution in [1.29, 1.82) is 0 Å². The first-order valence-electron chi connectivity index (χ1n) is 9.92. The highest BCUT2D eigenvalue weighted by Gasteiger charge is 2.18. The van der Waals surface area contributed by atoms with Gasteiger partial charge < -0.3 is 11.1 Å². The van der Waals surface area contributed by atoms with Crippen LogP contribution in [0.4, 0.5) is 5.69 Å². The lowest BCUT2D eigenvalue weighted by molar-refractivity contribution is -0.113. The summed E-state index contributed by atoms with van der Waals surface area (Å²) in [4.78, 5) is 24.2. The number of carbonyl (C=O) groups is 2. The molecule has 1 aromatic heterocycles. The predicted octanol–water partition coefficient (Wildman–Crippen LogP) is 4.07. The number of nitrogens with zero attached hydrogens (tertiary/aromatic N) is 3. The van der Waals surface area contributed by atoms with Gasteiger partial charge in [0.15, 0.2) is 11.0 Å². The van der Waals surface area contributed by atoms with Gasteiger partial charge in [-0.1, -0.05) is 71.9 Å². The molecule has 3 aromatic carbocycles. The van der Waals surface area contributed by atoms with E-state index in [1.54, 1.807) is 24.3 Å². The van der Waals surface area contributed by atoms with Crippen LogP contribution in [0.3, 0.4) is 0 Å². The first kappa shape index (κ1) is 21.3. The minimum Gasteiger partial charge on any atom is -0.366 e. The second kappa shape index (κ2) is 9.49. The third-order valence-electron chi connectivity index (χ3n) is 4.76. The summed E-state index contributed by atoms with van der Waals surface area (Å²) in [6.07, 6.45) is 0. The first-order chi connectivity index (χ1) is 15.5. The van der Waals surface area contributed by atoms with Crippen LogP contribution in [-0.4, -0.2) is 32.3 Å². The van der Waals surface area contributed by atoms with Gasteiger partial charge in [0, 0.05) is 11.3 Å². The highest BCUT2D eigenvalue weighted by Crippen LogP contribution is 2.28. The quantitative estimate of drug-likeness (QED) is 0.419. The molecule has 4 aromatic rings. The monoisotopic (exact) mass is 443 g/mol. The Bertz CT molecular complexity index is 1250. The van der Waals surface area contributed by atoms with Crippen molar-refractivity contribution in [3.05, 3.63) is 90.0 Å². The number of thioether (sulfide) groups is 1. The Labute approximate surface area is 189 Å². The van der Waals surface area contributed by atoms with E-state index in [9.17, 15) is 9.59 Å². The molecule has 0 fully saturated rings. The van der Waals surface area contributed by atoms with E-state index < -0.39 is 5.91 Å². The molecule has 2 amide bonds. The van der Waals surface area contributed by atoms with Crippen molar-refractivity contribution in [3.63, 3.8) is 0 Å². The molecular formula is C24H21N5O2S. The number of hydrogen-bond donors (Lipinski definition) is 2. The summed E-state index contributed by atoms with van der Waals surface area (Å²) in [5.74, 6) is -0.0914. The van der Waals surface area contributed by atoms with E-state index in [1.807, 2.05) is 66.1 Å². The molecule has 0 aliphatic carbocycles. The van der Waals surface area contributed by atoms with Crippen LogP contribution in [0.5, 0.6) is 0 Å². The fourth-order valence-corrected chi connectivity index (χ4v) is 3.94. The number of anilines is 1. The zero-order valence-electron chi connectivity index (χ0n) is 17.4. The Morgan fingerprint density at radius 2 is 1.62 bits per heavy atom. The van der Waals surface area contributed by atoms with Gasteiger partial charge in [-0.15, -0.1) is 10.2 Å². The van der Waals surface area contributed by atoms with E-state index in [2.05, 4.69) is 15.5 Å². The van der Waals surface area contributed by atoms with Gasteiger partial charge in [-0.05, 0) is 31.2 Å². The number of rotatable bonds is 7. The Balaban J connectivity index is 1.59. The van der Waals surface area contributed by atoms with Crippen molar-refractivity contribution in [3.8, 4) is 17.1 Å². The average molecular weight is 444 g/mol. The molecule has 0 radical (unpaired) electrons. The van der Waals surface area contributed by atoms with Crippen molar-refractivity contribution in [1.82, 2.24) is 14.8 Å². The van der Waals surface area contributed by atoms with E-state index in [0.29, 0.717) is 16.7 Å². The molecule has 160 valence electrons. The second-order valence-corrected chi connectivity index (χ2v) is 8.03. The Morgan fingerprint density at radius 3 is 2.34 bits per heavy atom. The summed E-state index contributed by atoms with van der Waals surface area (Å²) in [5, 5.41) is 12.1. The van der Waals surface area contributed by atoms with Crippen molar-refractivity contribution >= 4 is 29.3 Å². The molecule has 0 unspecified atom stereocenters. The smallest absolute Gasteiger partial charge is 0.250 e. The molecule has 0 atom stereocenters. The largest absolute Gasteiger partial charge is 0.366 e. The molecule has 8 heteroatoms. The topological polar surface area (TPSA) is 103 Å². The number of para-hydroxylation sites is 1. The number of aromatic nitrogens is 3. The number of carbonyl (C=O) groups excluding carboxylic acids is 2. The van der Waals surface area contributed by atoms with Gasteiger partial charge in [0.25, 0.3) is 5.91 Å². The lowest BCUT2D eigenvalue weighted by atomic mass is 10.1. The van der Waals surface area contributed by atoms with Crippen LogP contribution in [0.25, 0.3) is 17.1 Å². The zero-order chi connectivity index (χ0) is 22.5. The van der Waals surface area contributed by atoms with Crippen LogP contribution in [0, 0.1) is 6.92 Å². The molecule has 7 nitrogen and oxygen atoms in total. The van der Waals surface area contributed by atoms with Gasteiger partial charge in [-0.25, -0.2) is 0 Å². The standard InChI is InChI=1S/C24H21N5O2S/c1-16-11-13-18(14-12-16)29-23(17-7-3-2-4-8-17)27-28-24(29)32-15-21(30)26-20-10-6-5-9-19(20)22(25)31/h2-14H,15H2,1H3,(H2,25,31)(H,26,30). The van der Waals surface area contributed by atoms with Gasteiger partial charge in [0.2, 0.25) is 5.91 Å². The molecular weight excluding hydrogens is 422 g/mol. The number of nitrogens with two attached hydrogens (primary N) is 1. The number of primary amides is 1. The summed E-state index contributed by atoms with van der Waals surface area (Å²) in [6, 6.07) is 24.5. The maximum atomic E-state index is 12.6. The van der Waals surface area contributed by atoms with Gasteiger partial charge in [0.1, 0.15) is 0 Å². The number of amides is 2. The number of aryl methyl sites for hydroxylation is 1. The van der Waals surface area contributed by atoms with Crippen LogP contribution >= 0.6 is 11.8 Å². The maximum absolute atomic E-state index is 12.6. The number of nitrogens with one attached hydrogen (secondary N) is 1. The summed E-state index contributed by atoms with van der Waals surface area (Å²) in [5.41, 5.74) is 9.01. The van der Waals surface area contributed by atoms with Crippen molar-refractivity contribution in [2.45, 2.75) is 12.1 Å². The second-order valence-electron chi connectivity index (χ2n) is 7.09. The van der Waals surface area contributed by atoms with E-state index in [-0.39, 0.29) is 17.2 Å². The Hall–Kier alpha value is -3.91. The fraction of sp³-hybridized carbons (Fsp3) is 0.0833. The van der Waals surface area contributed by atoms with Crippen LogP contribution in [0.15, 0.2) is 84.0 Å². The highest BCUT2D eigenvalue weighted by molar-refractivity contribution is 7.99. The summed E-state index contributed by atoms with van der Waals surface area (Å²) in [7, 11) is 0. The van der Waals surface area contributed by atoms with Crippen molar-refractivity contribution in [2.75, 3.05) is 11.1 Å². The molecule has 0 spiro atoms. The molecule has 0 saturated heterocycles. The third-order valence-corrected chi connectivity index (χ3v) is 5.69. The SMILES string of the molecule is Cc1ccc(-n2c(SCC(=O)Nc3ccccc3C(N)=O)nnc2-c2ccccc2)cc1. The lowest BCUT2D eigenvalue weighted by Crippen LogP contribution is -2.19. The highest BCUT2D eigenvalue weighted by atomic mass is 32.2. The summed E-state index contributed by atoms with van der Waals surface area (Å²) < 4.78 is 1.93. The number of hydrogen-bond acceptors (Lipinski definition) is 5. The molecule has 0 aliphatic heterocycles. The first-order valence-corrected chi connectivity index (χ1v) is 10.9.